The maximum atomic E-state index is 9.68. The number of rotatable bonds is 7. The standard InChI is InChI=1S/C12H24O6/c1-2-3-4-5-6-17-12-11(16)10(15)9(14)8(7-13)18-12/h8-16H,2-7H2,1H3/t8-,9+,10+,11+,12+/m1/s1. The second-order valence-corrected chi connectivity index (χ2v) is 4.63. The summed E-state index contributed by atoms with van der Waals surface area (Å²) in [5.41, 5.74) is 0. The molecule has 4 N–H and O–H groups in total. The molecular weight excluding hydrogens is 240 g/mol. The molecule has 0 spiro atoms. The van der Waals surface area contributed by atoms with Gasteiger partial charge in [0.2, 0.25) is 0 Å². The minimum absolute atomic E-state index is 0.419. The van der Waals surface area contributed by atoms with Gasteiger partial charge in [-0.1, -0.05) is 26.2 Å². The second kappa shape index (κ2) is 8.04. The predicted molar refractivity (Wildman–Crippen MR) is 63.9 cm³/mol. The Labute approximate surface area is 107 Å². The van der Waals surface area contributed by atoms with E-state index < -0.39 is 37.3 Å². The first-order valence-electron chi connectivity index (χ1n) is 6.54. The zero-order valence-electron chi connectivity index (χ0n) is 10.7. The highest BCUT2D eigenvalue weighted by Crippen LogP contribution is 2.22. The fourth-order valence-corrected chi connectivity index (χ4v) is 1.93. The third kappa shape index (κ3) is 4.15. The van der Waals surface area contributed by atoms with Crippen molar-refractivity contribution in [1.29, 1.82) is 0 Å². The lowest BCUT2D eigenvalue weighted by molar-refractivity contribution is -0.301. The van der Waals surface area contributed by atoms with Crippen LogP contribution in [-0.2, 0) is 9.47 Å². The Morgan fingerprint density at radius 1 is 1.00 bits per heavy atom. The van der Waals surface area contributed by atoms with E-state index in [1.165, 1.54) is 0 Å². The molecule has 1 rings (SSSR count). The first kappa shape index (κ1) is 15.8. The maximum absolute atomic E-state index is 9.68. The zero-order valence-corrected chi connectivity index (χ0v) is 10.7. The van der Waals surface area contributed by atoms with Crippen molar-refractivity contribution in [3.05, 3.63) is 0 Å². The largest absolute Gasteiger partial charge is 0.394 e. The Hall–Kier alpha value is -0.240. The Bertz CT molecular complexity index is 223. The molecule has 0 aromatic heterocycles. The van der Waals surface area contributed by atoms with Gasteiger partial charge in [0.15, 0.2) is 6.29 Å². The van der Waals surface area contributed by atoms with E-state index in [4.69, 9.17) is 14.6 Å². The van der Waals surface area contributed by atoms with Gasteiger partial charge in [-0.2, -0.15) is 0 Å². The van der Waals surface area contributed by atoms with E-state index in [1.807, 2.05) is 0 Å². The van der Waals surface area contributed by atoms with Crippen molar-refractivity contribution in [3.8, 4) is 0 Å². The monoisotopic (exact) mass is 264 g/mol. The molecule has 0 aromatic rings. The van der Waals surface area contributed by atoms with Crippen LogP contribution >= 0.6 is 0 Å². The summed E-state index contributed by atoms with van der Waals surface area (Å²) in [6, 6.07) is 0. The molecule has 0 aliphatic carbocycles. The molecule has 18 heavy (non-hydrogen) atoms. The predicted octanol–water partition coefficient (Wildman–Crippen LogP) is -0.617. The molecule has 0 radical (unpaired) electrons. The van der Waals surface area contributed by atoms with Crippen LogP contribution in [0.2, 0.25) is 0 Å². The number of hydrogen-bond acceptors (Lipinski definition) is 6. The van der Waals surface area contributed by atoms with Gasteiger partial charge >= 0.3 is 0 Å². The molecular formula is C12H24O6. The highest BCUT2D eigenvalue weighted by molar-refractivity contribution is 4.88. The van der Waals surface area contributed by atoms with E-state index in [0.29, 0.717) is 6.61 Å². The lowest BCUT2D eigenvalue weighted by atomic mass is 9.99. The molecule has 0 aromatic carbocycles. The van der Waals surface area contributed by atoms with Crippen LogP contribution in [0.5, 0.6) is 0 Å². The minimum Gasteiger partial charge on any atom is -0.394 e. The summed E-state index contributed by atoms with van der Waals surface area (Å²) in [7, 11) is 0. The topological polar surface area (TPSA) is 99.4 Å². The summed E-state index contributed by atoms with van der Waals surface area (Å²) >= 11 is 0. The summed E-state index contributed by atoms with van der Waals surface area (Å²) in [5.74, 6) is 0. The summed E-state index contributed by atoms with van der Waals surface area (Å²) in [4.78, 5) is 0. The molecule has 6 heteroatoms. The average Bonchev–Trinajstić information content (AvgIpc) is 2.38. The highest BCUT2D eigenvalue weighted by atomic mass is 16.7. The van der Waals surface area contributed by atoms with E-state index in [2.05, 4.69) is 6.92 Å². The lowest BCUT2D eigenvalue weighted by Gasteiger charge is -2.39. The van der Waals surface area contributed by atoms with Crippen molar-refractivity contribution in [2.45, 2.75) is 63.3 Å². The molecule has 1 fully saturated rings. The first-order chi connectivity index (χ1) is 8.61. The molecule has 108 valence electrons. The number of unbranched alkanes of at least 4 members (excludes halogenated alkanes) is 3. The van der Waals surface area contributed by atoms with Crippen LogP contribution in [0.15, 0.2) is 0 Å². The highest BCUT2D eigenvalue weighted by Gasteiger charge is 2.43. The van der Waals surface area contributed by atoms with Crippen LogP contribution in [0.3, 0.4) is 0 Å². The Morgan fingerprint density at radius 2 is 1.72 bits per heavy atom. The van der Waals surface area contributed by atoms with E-state index in [0.717, 1.165) is 25.7 Å². The number of aliphatic hydroxyl groups excluding tert-OH is 4. The zero-order chi connectivity index (χ0) is 13.5. The van der Waals surface area contributed by atoms with Gasteiger partial charge in [-0.05, 0) is 6.42 Å². The lowest BCUT2D eigenvalue weighted by Crippen LogP contribution is -2.59. The van der Waals surface area contributed by atoms with Crippen LogP contribution in [-0.4, -0.2) is 64.3 Å². The van der Waals surface area contributed by atoms with Gasteiger partial charge in [-0.15, -0.1) is 0 Å². The molecule has 0 amide bonds. The normalized spacial score (nSPS) is 36.8. The SMILES string of the molecule is CCCCCCO[C@H]1O[C@H](CO)[C@H](O)[C@H](O)[C@@H]1O. The molecule has 0 saturated carbocycles. The van der Waals surface area contributed by atoms with Crippen molar-refractivity contribution in [2.24, 2.45) is 0 Å². The average molecular weight is 264 g/mol. The molecule has 5 atom stereocenters. The van der Waals surface area contributed by atoms with Crippen molar-refractivity contribution >= 4 is 0 Å². The number of aliphatic hydroxyl groups is 4. The first-order valence-corrected chi connectivity index (χ1v) is 6.54. The molecule has 6 nitrogen and oxygen atoms in total. The van der Waals surface area contributed by atoms with E-state index >= 15 is 0 Å². The summed E-state index contributed by atoms with van der Waals surface area (Å²) < 4.78 is 10.5. The molecule has 0 unspecified atom stereocenters. The Balaban J connectivity index is 2.35. The van der Waals surface area contributed by atoms with E-state index in [-0.39, 0.29) is 0 Å². The van der Waals surface area contributed by atoms with Gasteiger partial charge in [0.25, 0.3) is 0 Å². The van der Waals surface area contributed by atoms with Crippen LogP contribution in [0.25, 0.3) is 0 Å². The second-order valence-electron chi connectivity index (χ2n) is 4.63. The smallest absolute Gasteiger partial charge is 0.186 e. The maximum Gasteiger partial charge on any atom is 0.186 e. The third-order valence-corrected chi connectivity index (χ3v) is 3.13. The number of ether oxygens (including phenoxy) is 2. The quantitative estimate of drug-likeness (QED) is 0.458. The van der Waals surface area contributed by atoms with Crippen molar-refractivity contribution < 1.29 is 29.9 Å². The Kier molecular flexibility index (Phi) is 7.06. The molecule has 1 aliphatic heterocycles. The van der Waals surface area contributed by atoms with Crippen molar-refractivity contribution in [3.63, 3.8) is 0 Å². The van der Waals surface area contributed by atoms with Crippen LogP contribution in [0.1, 0.15) is 32.6 Å². The minimum atomic E-state index is -1.36. The molecule has 1 heterocycles. The third-order valence-electron chi connectivity index (χ3n) is 3.13. The fraction of sp³-hybridized carbons (Fsp3) is 1.00. The van der Waals surface area contributed by atoms with E-state index in [1.54, 1.807) is 0 Å². The van der Waals surface area contributed by atoms with Gasteiger partial charge < -0.3 is 29.9 Å². The van der Waals surface area contributed by atoms with Crippen LogP contribution in [0, 0.1) is 0 Å². The fourth-order valence-electron chi connectivity index (χ4n) is 1.93. The van der Waals surface area contributed by atoms with Gasteiger partial charge in [-0.3, -0.25) is 0 Å². The summed E-state index contributed by atoms with van der Waals surface area (Å²) in [6.07, 6.45) is -1.75. The molecule has 1 saturated heterocycles. The number of hydrogen-bond donors (Lipinski definition) is 4. The van der Waals surface area contributed by atoms with E-state index in [9.17, 15) is 15.3 Å². The van der Waals surface area contributed by atoms with Gasteiger partial charge in [-0.25, -0.2) is 0 Å². The van der Waals surface area contributed by atoms with Crippen molar-refractivity contribution in [1.82, 2.24) is 0 Å². The van der Waals surface area contributed by atoms with Gasteiger partial charge in [0.05, 0.1) is 6.61 Å². The summed E-state index contributed by atoms with van der Waals surface area (Å²) in [5, 5.41) is 37.8. The molecule has 0 bridgehead atoms. The van der Waals surface area contributed by atoms with Crippen molar-refractivity contribution in [2.75, 3.05) is 13.2 Å². The molecule has 1 aliphatic rings. The van der Waals surface area contributed by atoms with Crippen LogP contribution in [0.4, 0.5) is 0 Å². The summed E-state index contributed by atoms with van der Waals surface area (Å²) in [6.45, 7) is 2.10. The Morgan fingerprint density at radius 3 is 2.33 bits per heavy atom. The van der Waals surface area contributed by atoms with Gasteiger partial charge in [0.1, 0.15) is 24.4 Å². The van der Waals surface area contributed by atoms with Gasteiger partial charge in [0, 0.05) is 6.61 Å². The van der Waals surface area contributed by atoms with Crippen LogP contribution < -0.4 is 0 Å².